The maximum atomic E-state index is 13.8. The molecule has 102 valence electrons. The number of halogens is 2. The highest BCUT2D eigenvalue weighted by Crippen LogP contribution is 2.33. The third-order valence-electron chi connectivity index (χ3n) is 2.60. The zero-order valence-corrected chi connectivity index (χ0v) is 10.9. The zero-order chi connectivity index (χ0) is 13.8. The average molecular weight is 285 g/mol. The molecule has 0 spiro atoms. The van der Waals surface area contributed by atoms with Crippen LogP contribution in [0, 0.1) is 5.82 Å². The van der Waals surface area contributed by atoms with Gasteiger partial charge in [0.15, 0.2) is 5.82 Å². The van der Waals surface area contributed by atoms with Gasteiger partial charge in [0, 0.05) is 19.3 Å². The highest BCUT2D eigenvalue weighted by atomic mass is 35.5. The molecule has 2 rings (SSSR count). The first kappa shape index (κ1) is 13.4. The minimum absolute atomic E-state index is 0.118. The maximum Gasteiger partial charge on any atom is 0.169 e. The van der Waals surface area contributed by atoms with Gasteiger partial charge in [-0.1, -0.05) is 16.8 Å². The number of hydrogen-bond donors (Lipinski definition) is 3. The Labute approximate surface area is 114 Å². The standard InChI is InChI=1S/C11H14ClFN6/c12-9-7(14)6-8(15)11(10(9)13)16-2-1-4-19-5-3-17-18-19/h3,5-6,16H,1-2,4,14-15H2. The number of aryl methyl sites for hydroxylation is 1. The molecule has 1 heterocycles. The number of nitrogens with two attached hydrogens (primary N) is 2. The molecular formula is C11H14ClFN6. The average Bonchev–Trinajstić information content (AvgIpc) is 2.88. The Morgan fingerprint density at radius 2 is 2.16 bits per heavy atom. The summed E-state index contributed by atoms with van der Waals surface area (Å²) in [5, 5.41) is 10.3. The van der Waals surface area contributed by atoms with Gasteiger partial charge < -0.3 is 16.8 Å². The molecule has 19 heavy (non-hydrogen) atoms. The Balaban J connectivity index is 1.94. The predicted molar refractivity (Wildman–Crippen MR) is 73.4 cm³/mol. The van der Waals surface area contributed by atoms with Gasteiger partial charge in [-0.05, 0) is 12.5 Å². The van der Waals surface area contributed by atoms with Crippen LogP contribution in [0.5, 0.6) is 0 Å². The Kier molecular flexibility index (Phi) is 4.06. The molecule has 0 bridgehead atoms. The predicted octanol–water partition coefficient (Wildman–Crippen LogP) is 1.74. The summed E-state index contributed by atoms with van der Waals surface area (Å²) >= 11 is 5.73. The molecule has 1 aromatic heterocycles. The fourth-order valence-electron chi connectivity index (χ4n) is 1.65. The largest absolute Gasteiger partial charge is 0.397 e. The summed E-state index contributed by atoms with van der Waals surface area (Å²) in [6.07, 6.45) is 4.10. The number of aromatic nitrogens is 3. The SMILES string of the molecule is Nc1cc(N)c(NCCCn2ccnn2)c(F)c1Cl. The maximum absolute atomic E-state index is 13.8. The highest BCUT2D eigenvalue weighted by Gasteiger charge is 2.13. The second-order valence-corrected chi connectivity index (χ2v) is 4.38. The van der Waals surface area contributed by atoms with Crippen molar-refractivity contribution in [3.63, 3.8) is 0 Å². The van der Waals surface area contributed by atoms with E-state index in [0.29, 0.717) is 13.1 Å². The van der Waals surface area contributed by atoms with E-state index in [9.17, 15) is 4.39 Å². The monoisotopic (exact) mass is 284 g/mol. The lowest BCUT2D eigenvalue weighted by Gasteiger charge is -2.12. The molecule has 0 aliphatic rings. The molecule has 0 amide bonds. The number of nitrogens with zero attached hydrogens (tertiary/aromatic N) is 3. The van der Waals surface area contributed by atoms with E-state index in [1.54, 1.807) is 17.1 Å². The molecular weight excluding hydrogens is 271 g/mol. The molecule has 0 aliphatic carbocycles. The fourth-order valence-corrected chi connectivity index (χ4v) is 1.80. The molecule has 0 aliphatic heterocycles. The summed E-state index contributed by atoms with van der Waals surface area (Å²) < 4.78 is 15.5. The number of anilines is 3. The van der Waals surface area contributed by atoms with Crippen molar-refractivity contribution in [1.29, 1.82) is 0 Å². The lowest BCUT2D eigenvalue weighted by atomic mass is 10.2. The number of nitrogens with one attached hydrogen (secondary N) is 1. The minimum Gasteiger partial charge on any atom is -0.397 e. The highest BCUT2D eigenvalue weighted by molar-refractivity contribution is 6.33. The molecule has 0 atom stereocenters. The van der Waals surface area contributed by atoms with Crippen LogP contribution in [-0.2, 0) is 6.54 Å². The second-order valence-electron chi connectivity index (χ2n) is 4.00. The Morgan fingerprint density at radius 1 is 1.37 bits per heavy atom. The molecule has 6 nitrogen and oxygen atoms in total. The summed E-state index contributed by atoms with van der Waals surface area (Å²) in [5.74, 6) is -0.625. The third kappa shape index (κ3) is 3.05. The van der Waals surface area contributed by atoms with E-state index >= 15 is 0 Å². The van der Waals surface area contributed by atoms with Gasteiger partial charge in [0.1, 0.15) is 5.02 Å². The zero-order valence-electron chi connectivity index (χ0n) is 10.1. The molecule has 5 N–H and O–H groups in total. The van der Waals surface area contributed by atoms with Gasteiger partial charge in [-0.25, -0.2) is 4.39 Å². The first-order valence-corrected chi connectivity index (χ1v) is 6.08. The fraction of sp³-hybridized carbons (Fsp3) is 0.273. The third-order valence-corrected chi connectivity index (χ3v) is 2.99. The Hall–Kier alpha value is -2.02. The van der Waals surface area contributed by atoms with Gasteiger partial charge in [0.05, 0.1) is 23.3 Å². The van der Waals surface area contributed by atoms with Crippen LogP contribution in [0.25, 0.3) is 0 Å². The lowest BCUT2D eigenvalue weighted by Crippen LogP contribution is -2.10. The number of rotatable bonds is 5. The minimum atomic E-state index is -0.625. The van der Waals surface area contributed by atoms with Gasteiger partial charge in [-0.3, -0.25) is 4.68 Å². The van der Waals surface area contributed by atoms with E-state index in [-0.39, 0.29) is 22.1 Å². The lowest BCUT2D eigenvalue weighted by molar-refractivity contribution is 0.568. The van der Waals surface area contributed by atoms with Gasteiger partial charge in [-0.15, -0.1) is 5.10 Å². The number of hydrogen-bond acceptors (Lipinski definition) is 5. The first-order valence-electron chi connectivity index (χ1n) is 5.70. The summed E-state index contributed by atoms with van der Waals surface area (Å²) in [6.45, 7) is 1.21. The molecule has 0 saturated heterocycles. The molecule has 1 aromatic carbocycles. The van der Waals surface area contributed by atoms with Crippen LogP contribution in [0.15, 0.2) is 18.5 Å². The van der Waals surface area contributed by atoms with Crippen molar-refractivity contribution in [2.24, 2.45) is 0 Å². The molecule has 0 saturated carbocycles. The summed E-state index contributed by atoms with van der Waals surface area (Å²) in [5.41, 5.74) is 11.8. The van der Waals surface area contributed by atoms with Crippen molar-refractivity contribution in [2.45, 2.75) is 13.0 Å². The van der Waals surface area contributed by atoms with Crippen LogP contribution in [0.1, 0.15) is 6.42 Å². The van der Waals surface area contributed by atoms with E-state index in [1.807, 2.05) is 0 Å². The van der Waals surface area contributed by atoms with E-state index < -0.39 is 5.82 Å². The summed E-state index contributed by atoms with van der Waals surface area (Å²) in [6, 6.07) is 1.44. The first-order chi connectivity index (χ1) is 9.09. The van der Waals surface area contributed by atoms with Crippen molar-refractivity contribution in [3.05, 3.63) is 29.3 Å². The molecule has 0 radical (unpaired) electrons. The Morgan fingerprint density at radius 3 is 2.84 bits per heavy atom. The summed E-state index contributed by atoms with van der Waals surface area (Å²) in [7, 11) is 0. The topological polar surface area (TPSA) is 94.8 Å². The quantitative estimate of drug-likeness (QED) is 0.574. The van der Waals surface area contributed by atoms with E-state index in [2.05, 4.69) is 15.6 Å². The van der Waals surface area contributed by atoms with Gasteiger partial charge in [0.25, 0.3) is 0 Å². The van der Waals surface area contributed by atoms with E-state index in [0.717, 1.165) is 6.42 Å². The summed E-state index contributed by atoms with van der Waals surface area (Å²) in [4.78, 5) is 0. The van der Waals surface area contributed by atoms with Crippen LogP contribution >= 0.6 is 11.6 Å². The van der Waals surface area contributed by atoms with Crippen molar-refractivity contribution in [2.75, 3.05) is 23.3 Å². The Bertz CT molecular complexity index is 557. The van der Waals surface area contributed by atoms with Crippen LogP contribution < -0.4 is 16.8 Å². The smallest absolute Gasteiger partial charge is 0.169 e. The van der Waals surface area contributed by atoms with Crippen molar-refractivity contribution >= 4 is 28.7 Å². The molecule has 2 aromatic rings. The van der Waals surface area contributed by atoms with Crippen molar-refractivity contribution in [3.8, 4) is 0 Å². The van der Waals surface area contributed by atoms with Crippen molar-refractivity contribution < 1.29 is 4.39 Å². The van der Waals surface area contributed by atoms with E-state index in [4.69, 9.17) is 23.1 Å². The van der Waals surface area contributed by atoms with Gasteiger partial charge in [-0.2, -0.15) is 0 Å². The van der Waals surface area contributed by atoms with Crippen LogP contribution in [0.2, 0.25) is 5.02 Å². The van der Waals surface area contributed by atoms with Crippen LogP contribution in [0.4, 0.5) is 21.5 Å². The molecule has 8 heteroatoms. The van der Waals surface area contributed by atoms with Gasteiger partial charge in [0.2, 0.25) is 0 Å². The van der Waals surface area contributed by atoms with Crippen molar-refractivity contribution in [1.82, 2.24) is 15.0 Å². The van der Waals surface area contributed by atoms with Gasteiger partial charge >= 0.3 is 0 Å². The molecule has 0 unspecified atom stereocenters. The number of benzene rings is 1. The second kappa shape index (κ2) is 5.75. The van der Waals surface area contributed by atoms with Crippen LogP contribution in [0.3, 0.4) is 0 Å². The van der Waals surface area contributed by atoms with E-state index in [1.165, 1.54) is 6.07 Å². The molecule has 0 fully saturated rings. The normalized spacial score (nSPS) is 10.6. The van der Waals surface area contributed by atoms with Crippen LogP contribution in [-0.4, -0.2) is 21.5 Å². The number of nitrogen functional groups attached to an aromatic ring is 2.